The molecule has 0 aliphatic heterocycles. The molecule has 0 saturated heterocycles. The molecule has 24 heavy (non-hydrogen) atoms. The maximum absolute atomic E-state index is 12.5. The van der Waals surface area contributed by atoms with Gasteiger partial charge in [0, 0.05) is 17.4 Å². The zero-order chi connectivity index (χ0) is 16.9. The summed E-state index contributed by atoms with van der Waals surface area (Å²) in [5.41, 5.74) is 0.542. The number of nitrogens with zero attached hydrogens (tertiary/aromatic N) is 1. The number of methoxy groups -OCH3 is 1. The quantitative estimate of drug-likeness (QED) is 0.722. The SMILES string of the molecule is COc1ccc(Cl)cc1NC(=O)C[C@@H](c1ccco1)n1cccc1. The van der Waals surface area contributed by atoms with Crippen molar-refractivity contribution in [2.24, 2.45) is 0 Å². The summed E-state index contributed by atoms with van der Waals surface area (Å²) in [5.74, 6) is 1.12. The lowest BCUT2D eigenvalue weighted by Crippen LogP contribution is -2.19. The topological polar surface area (TPSA) is 56.4 Å². The highest BCUT2D eigenvalue weighted by Gasteiger charge is 2.20. The minimum Gasteiger partial charge on any atom is -0.495 e. The van der Waals surface area contributed by atoms with E-state index in [0.717, 1.165) is 5.76 Å². The molecule has 6 heteroatoms. The van der Waals surface area contributed by atoms with Crippen molar-refractivity contribution >= 4 is 23.2 Å². The molecule has 0 spiro atoms. The molecule has 0 radical (unpaired) electrons. The van der Waals surface area contributed by atoms with Crippen LogP contribution >= 0.6 is 11.6 Å². The van der Waals surface area contributed by atoms with Crippen LogP contribution in [0.5, 0.6) is 5.75 Å². The van der Waals surface area contributed by atoms with E-state index in [1.807, 2.05) is 41.2 Å². The van der Waals surface area contributed by atoms with Gasteiger partial charge < -0.3 is 19.0 Å². The second-order valence-corrected chi connectivity index (χ2v) is 5.69. The number of nitrogens with one attached hydrogen (secondary N) is 1. The number of rotatable bonds is 6. The van der Waals surface area contributed by atoms with Crippen LogP contribution < -0.4 is 10.1 Å². The van der Waals surface area contributed by atoms with Gasteiger partial charge in [0.05, 0.1) is 31.5 Å². The zero-order valence-electron chi connectivity index (χ0n) is 13.1. The molecule has 3 aromatic rings. The number of anilines is 1. The molecule has 0 aliphatic rings. The molecule has 3 rings (SSSR count). The van der Waals surface area contributed by atoms with Gasteiger partial charge in [-0.05, 0) is 42.5 Å². The van der Waals surface area contributed by atoms with E-state index in [1.165, 1.54) is 0 Å². The zero-order valence-corrected chi connectivity index (χ0v) is 13.9. The van der Waals surface area contributed by atoms with Crippen LogP contribution in [0.3, 0.4) is 0 Å². The lowest BCUT2D eigenvalue weighted by atomic mass is 10.1. The number of halogens is 1. The molecule has 0 saturated carbocycles. The second kappa shape index (κ2) is 7.27. The summed E-state index contributed by atoms with van der Waals surface area (Å²) in [6.07, 6.45) is 5.63. The second-order valence-electron chi connectivity index (χ2n) is 5.26. The number of carbonyl (C=O) groups is 1. The Kier molecular flexibility index (Phi) is 4.91. The van der Waals surface area contributed by atoms with Gasteiger partial charge in [0.25, 0.3) is 0 Å². The van der Waals surface area contributed by atoms with E-state index in [1.54, 1.807) is 31.6 Å². The highest BCUT2D eigenvalue weighted by Crippen LogP contribution is 2.29. The number of aromatic nitrogens is 1. The lowest BCUT2D eigenvalue weighted by molar-refractivity contribution is -0.116. The van der Waals surface area contributed by atoms with Crippen LogP contribution in [0.1, 0.15) is 18.2 Å². The van der Waals surface area contributed by atoms with Crippen molar-refractivity contribution in [2.75, 3.05) is 12.4 Å². The van der Waals surface area contributed by atoms with E-state index in [4.69, 9.17) is 20.8 Å². The van der Waals surface area contributed by atoms with Gasteiger partial charge in [-0.25, -0.2) is 0 Å². The van der Waals surface area contributed by atoms with Gasteiger partial charge >= 0.3 is 0 Å². The molecular formula is C18H17ClN2O3. The monoisotopic (exact) mass is 344 g/mol. The fourth-order valence-electron chi connectivity index (χ4n) is 2.54. The predicted molar refractivity (Wildman–Crippen MR) is 92.5 cm³/mol. The third-order valence-corrected chi connectivity index (χ3v) is 3.91. The van der Waals surface area contributed by atoms with Crippen LogP contribution in [0.2, 0.25) is 5.02 Å². The first-order valence-electron chi connectivity index (χ1n) is 7.46. The van der Waals surface area contributed by atoms with E-state index in [-0.39, 0.29) is 18.4 Å². The normalized spacial score (nSPS) is 11.9. The Morgan fingerprint density at radius 2 is 2.08 bits per heavy atom. The van der Waals surface area contributed by atoms with Crippen molar-refractivity contribution in [3.8, 4) is 5.75 Å². The number of benzene rings is 1. The minimum atomic E-state index is -0.222. The number of furan rings is 1. The summed E-state index contributed by atoms with van der Waals surface area (Å²) in [6, 6.07) is 12.4. The summed E-state index contributed by atoms with van der Waals surface area (Å²) in [5, 5.41) is 3.38. The summed E-state index contributed by atoms with van der Waals surface area (Å²) in [7, 11) is 1.55. The molecular weight excluding hydrogens is 328 g/mol. The molecule has 0 aliphatic carbocycles. The lowest BCUT2D eigenvalue weighted by Gasteiger charge is -2.17. The van der Waals surface area contributed by atoms with E-state index in [2.05, 4.69) is 5.32 Å². The molecule has 0 bridgehead atoms. The van der Waals surface area contributed by atoms with Crippen molar-refractivity contribution in [3.63, 3.8) is 0 Å². The van der Waals surface area contributed by atoms with Crippen LogP contribution in [0.25, 0.3) is 0 Å². The Labute approximate surface area is 144 Å². The number of ether oxygens (including phenoxy) is 1. The third kappa shape index (κ3) is 3.63. The fourth-order valence-corrected chi connectivity index (χ4v) is 2.72. The summed E-state index contributed by atoms with van der Waals surface area (Å²) < 4.78 is 12.7. The van der Waals surface area contributed by atoms with Gasteiger partial charge in [-0.15, -0.1) is 0 Å². The molecule has 1 N–H and O–H groups in total. The molecule has 2 heterocycles. The summed E-state index contributed by atoms with van der Waals surface area (Å²) >= 11 is 6.00. The number of carbonyl (C=O) groups excluding carboxylic acids is 1. The van der Waals surface area contributed by atoms with Gasteiger partial charge in [-0.3, -0.25) is 4.79 Å². The van der Waals surface area contributed by atoms with Gasteiger partial charge in [0.1, 0.15) is 11.5 Å². The smallest absolute Gasteiger partial charge is 0.227 e. The van der Waals surface area contributed by atoms with E-state index < -0.39 is 0 Å². The molecule has 2 aromatic heterocycles. The molecule has 124 valence electrons. The fraction of sp³-hybridized carbons (Fsp3) is 0.167. The predicted octanol–water partition coefficient (Wildman–Crippen LogP) is 4.36. The molecule has 5 nitrogen and oxygen atoms in total. The third-order valence-electron chi connectivity index (χ3n) is 3.67. The maximum atomic E-state index is 12.5. The first-order valence-corrected chi connectivity index (χ1v) is 7.84. The molecule has 1 aromatic carbocycles. The van der Waals surface area contributed by atoms with Crippen LogP contribution in [0.15, 0.2) is 65.5 Å². The summed E-state index contributed by atoms with van der Waals surface area (Å²) in [6.45, 7) is 0. The van der Waals surface area contributed by atoms with E-state index in [0.29, 0.717) is 16.5 Å². The first kappa shape index (κ1) is 16.2. The highest BCUT2D eigenvalue weighted by molar-refractivity contribution is 6.31. The Morgan fingerprint density at radius 1 is 1.29 bits per heavy atom. The largest absolute Gasteiger partial charge is 0.495 e. The molecule has 1 atom stereocenters. The molecule has 0 unspecified atom stereocenters. The Hall–Kier alpha value is -2.66. The Morgan fingerprint density at radius 3 is 2.75 bits per heavy atom. The van der Waals surface area contributed by atoms with Crippen molar-refractivity contribution in [3.05, 3.63) is 71.9 Å². The average Bonchev–Trinajstić information content (AvgIpc) is 3.27. The number of hydrogen-bond acceptors (Lipinski definition) is 3. The van der Waals surface area contributed by atoms with Gasteiger partial charge in [0.15, 0.2) is 0 Å². The molecule has 1 amide bonds. The standard InChI is InChI=1S/C18H17ClN2O3/c1-23-16-7-6-13(19)11-14(16)20-18(22)12-15(17-5-4-10-24-17)21-8-2-3-9-21/h2-11,15H,12H2,1H3,(H,20,22)/t15-/m0/s1. The van der Waals surface area contributed by atoms with Crippen molar-refractivity contribution in [2.45, 2.75) is 12.5 Å². The Balaban J connectivity index is 1.79. The number of amides is 1. The summed E-state index contributed by atoms with van der Waals surface area (Å²) in [4.78, 5) is 12.5. The van der Waals surface area contributed by atoms with Gasteiger partial charge in [-0.1, -0.05) is 11.6 Å². The van der Waals surface area contributed by atoms with Crippen LogP contribution in [0.4, 0.5) is 5.69 Å². The Bertz CT molecular complexity index is 764. The first-order chi connectivity index (χ1) is 11.7. The van der Waals surface area contributed by atoms with Crippen LogP contribution in [-0.4, -0.2) is 17.6 Å². The van der Waals surface area contributed by atoms with Gasteiger partial charge in [0.2, 0.25) is 5.91 Å². The van der Waals surface area contributed by atoms with E-state index >= 15 is 0 Å². The van der Waals surface area contributed by atoms with Crippen molar-refractivity contribution < 1.29 is 13.9 Å². The van der Waals surface area contributed by atoms with Crippen molar-refractivity contribution in [1.29, 1.82) is 0 Å². The maximum Gasteiger partial charge on any atom is 0.227 e. The number of hydrogen-bond donors (Lipinski definition) is 1. The molecule has 0 fully saturated rings. The van der Waals surface area contributed by atoms with Crippen LogP contribution in [0, 0.1) is 0 Å². The van der Waals surface area contributed by atoms with E-state index in [9.17, 15) is 4.79 Å². The van der Waals surface area contributed by atoms with Crippen LogP contribution in [-0.2, 0) is 4.79 Å². The van der Waals surface area contributed by atoms with Gasteiger partial charge in [-0.2, -0.15) is 0 Å². The van der Waals surface area contributed by atoms with Crippen molar-refractivity contribution in [1.82, 2.24) is 4.57 Å². The minimum absolute atomic E-state index is 0.161. The highest BCUT2D eigenvalue weighted by atomic mass is 35.5. The average molecular weight is 345 g/mol.